The topological polar surface area (TPSA) is 58.1 Å². The second-order valence-corrected chi connectivity index (χ2v) is 9.17. The molecule has 1 unspecified atom stereocenters. The maximum absolute atomic E-state index is 13.4. The van der Waals surface area contributed by atoms with Crippen molar-refractivity contribution in [2.24, 2.45) is 0 Å². The van der Waals surface area contributed by atoms with E-state index in [0.717, 1.165) is 56.0 Å². The van der Waals surface area contributed by atoms with Gasteiger partial charge in [-0.25, -0.2) is 4.98 Å². The zero-order chi connectivity index (χ0) is 19.1. The Balaban J connectivity index is 1.54. The van der Waals surface area contributed by atoms with Gasteiger partial charge in [0.25, 0.3) is 5.91 Å². The van der Waals surface area contributed by atoms with Crippen LogP contribution in [0, 0.1) is 0 Å². The summed E-state index contributed by atoms with van der Waals surface area (Å²) in [4.78, 5) is 19.0. The van der Waals surface area contributed by atoms with Crippen molar-refractivity contribution in [3.05, 3.63) is 5.82 Å². The van der Waals surface area contributed by atoms with Crippen LogP contribution in [0.4, 0.5) is 13.9 Å². The Kier molecular flexibility index (Phi) is 5.12. The van der Waals surface area contributed by atoms with E-state index < -0.39 is 11.8 Å². The number of nitrogens with one attached hydrogen (secondary N) is 1. The summed E-state index contributed by atoms with van der Waals surface area (Å²) in [6.45, 7) is 1.40. The van der Waals surface area contributed by atoms with Crippen LogP contribution >= 0.6 is 11.5 Å². The Bertz CT molecular complexity index is 677. The smallest absolute Gasteiger partial charge is 0.321 e. The summed E-state index contributed by atoms with van der Waals surface area (Å²) in [7, 11) is 0. The van der Waals surface area contributed by atoms with Gasteiger partial charge >= 0.3 is 5.92 Å². The Labute approximate surface area is 163 Å². The van der Waals surface area contributed by atoms with Gasteiger partial charge in [0.1, 0.15) is 5.82 Å². The summed E-state index contributed by atoms with van der Waals surface area (Å²) in [5, 5.41) is 3.55. The fourth-order valence-corrected chi connectivity index (χ4v) is 6.05. The molecule has 0 radical (unpaired) electrons. The molecule has 5 nitrogen and oxygen atoms in total. The van der Waals surface area contributed by atoms with Gasteiger partial charge in [0.2, 0.25) is 5.13 Å². The number of hydrogen-bond donors (Lipinski definition) is 1. The SMILES string of the molecule is CC(F)(F)C(=O)NC1CCN(c2nc(C3CCCCC3)ns2)C12CCCC2. The Morgan fingerprint density at radius 3 is 2.56 bits per heavy atom. The molecule has 1 atom stereocenters. The van der Waals surface area contributed by atoms with Gasteiger partial charge in [-0.05, 0) is 32.1 Å². The van der Waals surface area contributed by atoms with Crippen LogP contribution in [0.1, 0.15) is 82.9 Å². The predicted molar refractivity (Wildman–Crippen MR) is 101 cm³/mol. The van der Waals surface area contributed by atoms with Crippen molar-refractivity contribution < 1.29 is 13.6 Å². The lowest BCUT2D eigenvalue weighted by molar-refractivity contribution is -0.144. The fraction of sp³-hybridized carbons (Fsp3) is 0.842. The Morgan fingerprint density at radius 1 is 1.19 bits per heavy atom. The highest BCUT2D eigenvalue weighted by atomic mass is 32.1. The number of amides is 1. The molecule has 150 valence electrons. The Hall–Kier alpha value is -1.31. The minimum Gasteiger partial charge on any atom is -0.346 e. The third-order valence-corrected chi connectivity index (χ3v) is 7.39. The molecule has 1 N–H and O–H groups in total. The summed E-state index contributed by atoms with van der Waals surface area (Å²) in [5.74, 6) is -3.10. The van der Waals surface area contributed by atoms with Gasteiger partial charge in [-0.1, -0.05) is 32.1 Å². The number of alkyl halides is 2. The van der Waals surface area contributed by atoms with Crippen molar-refractivity contribution >= 4 is 22.6 Å². The number of halogens is 2. The first-order valence-corrected chi connectivity index (χ1v) is 11.0. The lowest BCUT2D eigenvalue weighted by Gasteiger charge is -2.39. The van der Waals surface area contributed by atoms with E-state index in [2.05, 4.69) is 14.6 Å². The van der Waals surface area contributed by atoms with Crippen molar-refractivity contribution in [2.75, 3.05) is 11.4 Å². The lowest BCUT2D eigenvalue weighted by atomic mass is 9.88. The molecule has 1 spiro atoms. The number of nitrogens with zero attached hydrogens (tertiary/aromatic N) is 3. The summed E-state index contributed by atoms with van der Waals surface area (Å²) in [6.07, 6.45) is 10.7. The molecule has 3 fully saturated rings. The van der Waals surface area contributed by atoms with Crippen LogP contribution in [-0.2, 0) is 4.79 Å². The quantitative estimate of drug-likeness (QED) is 0.824. The summed E-state index contributed by atoms with van der Waals surface area (Å²) in [5.41, 5.74) is -0.287. The van der Waals surface area contributed by atoms with Crippen LogP contribution in [0.2, 0.25) is 0 Å². The van der Waals surface area contributed by atoms with Crippen LogP contribution in [-0.4, -0.2) is 39.3 Å². The summed E-state index contributed by atoms with van der Waals surface area (Å²) < 4.78 is 31.5. The van der Waals surface area contributed by atoms with Gasteiger partial charge in [0.05, 0.1) is 11.6 Å². The minimum atomic E-state index is -3.34. The van der Waals surface area contributed by atoms with E-state index in [1.807, 2.05) is 0 Å². The number of hydrogen-bond acceptors (Lipinski definition) is 5. The molecule has 1 aromatic rings. The van der Waals surface area contributed by atoms with E-state index >= 15 is 0 Å². The van der Waals surface area contributed by atoms with Gasteiger partial charge in [-0.3, -0.25) is 4.79 Å². The van der Waals surface area contributed by atoms with Gasteiger partial charge in [0.15, 0.2) is 0 Å². The third-order valence-electron chi connectivity index (χ3n) is 6.63. The monoisotopic (exact) mass is 398 g/mol. The molecular formula is C19H28F2N4OS. The second-order valence-electron chi connectivity index (χ2n) is 8.44. The molecule has 2 saturated carbocycles. The Morgan fingerprint density at radius 2 is 1.89 bits per heavy atom. The van der Waals surface area contributed by atoms with E-state index in [4.69, 9.17) is 4.98 Å². The van der Waals surface area contributed by atoms with Crippen LogP contribution < -0.4 is 10.2 Å². The number of anilines is 1. The van der Waals surface area contributed by atoms with E-state index in [-0.39, 0.29) is 11.6 Å². The number of carbonyl (C=O) groups is 1. The van der Waals surface area contributed by atoms with Crippen LogP contribution in [0.25, 0.3) is 0 Å². The van der Waals surface area contributed by atoms with Gasteiger partial charge in [-0.15, -0.1) is 0 Å². The minimum absolute atomic E-state index is 0.250. The standard InChI is InChI=1S/C19H28F2N4OS/c1-18(20,21)16(26)22-14-9-12-25(19(14)10-5-6-11-19)17-23-15(24-27-17)13-7-3-2-4-8-13/h13-14H,2-12H2,1H3,(H,22,26). The molecule has 8 heteroatoms. The normalized spacial score (nSPS) is 26.0. The number of rotatable bonds is 4. The van der Waals surface area contributed by atoms with Crippen molar-refractivity contribution in [1.29, 1.82) is 0 Å². The van der Waals surface area contributed by atoms with E-state index in [1.54, 1.807) is 0 Å². The highest BCUT2D eigenvalue weighted by Gasteiger charge is 2.53. The molecule has 3 aliphatic rings. The third kappa shape index (κ3) is 3.57. The maximum atomic E-state index is 13.4. The second kappa shape index (κ2) is 7.26. The zero-order valence-electron chi connectivity index (χ0n) is 15.8. The zero-order valence-corrected chi connectivity index (χ0v) is 16.7. The molecule has 0 bridgehead atoms. The van der Waals surface area contributed by atoms with Crippen LogP contribution in [0.15, 0.2) is 0 Å². The van der Waals surface area contributed by atoms with Crippen molar-refractivity contribution in [2.45, 2.75) is 94.6 Å². The lowest BCUT2D eigenvalue weighted by Crippen LogP contribution is -2.57. The molecule has 1 aromatic heterocycles. The highest BCUT2D eigenvalue weighted by Crippen LogP contribution is 2.46. The summed E-state index contributed by atoms with van der Waals surface area (Å²) in [6, 6.07) is -0.250. The first kappa shape index (κ1) is 19.0. The first-order chi connectivity index (χ1) is 12.9. The van der Waals surface area contributed by atoms with E-state index in [9.17, 15) is 13.6 Å². The van der Waals surface area contributed by atoms with E-state index in [1.165, 1.54) is 30.8 Å². The first-order valence-electron chi connectivity index (χ1n) is 10.2. The van der Waals surface area contributed by atoms with E-state index in [0.29, 0.717) is 19.3 Å². The van der Waals surface area contributed by atoms with Gasteiger partial charge in [0, 0.05) is 30.9 Å². The largest absolute Gasteiger partial charge is 0.346 e. The summed E-state index contributed by atoms with van der Waals surface area (Å²) >= 11 is 1.43. The van der Waals surface area contributed by atoms with Gasteiger partial charge < -0.3 is 10.2 Å². The molecule has 27 heavy (non-hydrogen) atoms. The maximum Gasteiger partial charge on any atom is 0.321 e. The molecule has 1 saturated heterocycles. The van der Waals surface area contributed by atoms with Gasteiger partial charge in [-0.2, -0.15) is 13.2 Å². The molecule has 2 aliphatic carbocycles. The molecule has 0 aromatic carbocycles. The molecule has 1 aliphatic heterocycles. The molecule has 4 rings (SSSR count). The average molecular weight is 399 g/mol. The number of aromatic nitrogens is 2. The average Bonchev–Trinajstić information content (AvgIpc) is 3.37. The van der Waals surface area contributed by atoms with Crippen molar-refractivity contribution in [3.8, 4) is 0 Å². The van der Waals surface area contributed by atoms with Crippen molar-refractivity contribution in [3.63, 3.8) is 0 Å². The fourth-order valence-electron chi connectivity index (χ4n) is 5.18. The van der Waals surface area contributed by atoms with Crippen LogP contribution in [0.3, 0.4) is 0 Å². The molecule has 1 amide bonds. The molecule has 2 heterocycles. The molecular weight excluding hydrogens is 370 g/mol. The predicted octanol–water partition coefficient (Wildman–Crippen LogP) is 4.25. The highest BCUT2D eigenvalue weighted by molar-refractivity contribution is 7.09. The number of carbonyl (C=O) groups excluding carboxylic acids is 1. The van der Waals surface area contributed by atoms with Crippen molar-refractivity contribution in [1.82, 2.24) is 14.7 Å². The van der Waals surface area contributed by atoms with Crippen LogP contribution in [0.5, 0.6) is 0 Å².